The second kappa shape index (κ2) is 10.1. The second-order valence-corrected chi connectivity index (χ2v) is 7.16. The number of hydrogen-bond donors (Lipinski definition) is 2. The SMILES string of the molecule is COc1cc(C(=O)NCC(O)c2ccc(F)cc2F)c([N+](=O)[O-])cc1OCc1cscn1. The van der Waals surface area contributed by atoms with E-state index in [0.717, 1.165) is 24.3 Å². The highest BCUT2D eigenvalue weighted by atomic mass is 32.1. The maximum absolute atomic E-state index is 13.8. The molecule has 0 fully saturated rings. The zero-order valence-corrected chi connectivity index (χ0v) is 17.4. The Hall–Kier alpha value is -3.64. The van der Waals surface area contributed by atoms with E-state index in [1.807, 2.05) is 0 Å². The predicted octanol–water partition coefficient (Wildman–Crippen LogP) is 3.38. The van der Waals surface area contributed by atoms with Crippen LogP contribution >= 0.6 is 11.3 Å². The fraction of sp³-hybridized carbons (Fsp3) is 0.200. The van der Waals surface area contributed by atoms with Crippen LogP contribution in [0, 0.1) is 21.7 Å². The number of carbonyl (C=O) groups is 1. The van der Waals surface area contributed by atoms with Crippen LogP contribution in [0.1, 0.15) is 27.7 Å². The Morgan fingerprint density at radius 3 is 2.72 bits per heavy atom. The van der Waals surface area contributed by atoms with Crippen molar-refractivity contribution < 1.29 is 33.1 Å². The number of amides is 1. The number of aliphatic hydroxyl groups excluding tert-OH is 1. The molecule has 2 aromatic carbocycles. The Morgan fingerprint density at radius 2 is 2.09 bits per heavy atom. The number of aliphatic hydroxyl groups is 1. The molecule has 1 heterocycles. The third kappa shape index (κ3) is 5.34. The van der Waals surface area contributed by atoms with E-state index >= 15 is 0 Å². The summed E-state index contributed by atoms with van der Waals surface area (Å²) in [7, 11) is 1.31. The van der Waals surface area contributed by atoms with Crippen molar-refractivity contribution >= 4 is 22.9 Å². The average molecular weight is 465 g/mol. The van der Waals surface area contributed by atoms with E-state index in [4.69, 9.17) is 9.47 Å². The summed E-state index contributed by atoms with van der Waals surface area (Å²) in [6.07, 6.45) is -1.50. The van der Waals surface area contributed by atoms with Gasteiger partial charge in [-0.1, -0.05) is 6.07 Å². The number of nitrogens with zero attached hydrogens (tertiary/aromatic N) is 2. The Bertz CT molecular complexity index is 1130. The zero-order chi connectivity index (χ0) is 23.3. The fourth-order valence-electron chi connectivity index (χ4n) is 2.78. The summed E-state index contributed by atoms with van der Waals surface area (Å²) >= 11 is 1.36. The Labute approximate surface area is 184 Å². The van der Waals surface area contributed by atoms with Gasteiger partial charge in [-0.05, 0) is 6.07 Å². The molecule has 0 aliphatic carbocycles. The molecular weight excluding hydrogens is 448 g/mol. The number of methoxy groups -OCH3 is 1. The van der Waals surface area contributed by atoms with Crippen LogP contribution in [0.2, 0.25) is 0 Å². The van der Waals surface area contributed by atoms with Crippen molar-refractivity contribution in [2.45, 2.75) is 12.7 Å². The number of aromatic nitrogens is 1. The summed E-state index contributed by atoms with van der Waals surface area (Å²) in [5.41, 5.74) is 1.09. The van der Waals surface area contributed by atoms with Crippen molar-refractivity contribution in [2.24, 2.45) is 0 Å². The largest absolute Gasteiger partial charge is 0.493 e. The molecule has 3 rings (SSSR count). The number of rotatable bonds is 9. The highest BCUT2D eigenvalue weighted by molar-refractivity contribution is 7.07. The van der Waals surface area contributed by atoms with E-state index in [1.165, 1.54) is 18.4 Å². The van der Waals surface area contributed by atoms with Crippen molar-refractivity contribution in [1.29, 1.82) is 0 Å². The molecule has 0 saturated carbocycles. The molecule has 0 aliphatic rings. The highest BCUT2D eigenvalue weighted by Gasteiger charge is 2.26. The first-order valence-electron chi connectivity index (χ1n) is 9.07. The average Bonchev–Trinajstić information content (AvgIpc) is 3.28. The Kier molecular flexibility index (Phi) is 7.28. The third-order valence-electron chi connectivity index (χ3n) is 4.36. The summed E-state index contributed by atoms with van der Waals surface area (Å²) in [6, 6.07) is 4.79. The minimum Gasteiger partial charge on any atom is -0.493 e. The maximum atomic E-state index is 13.8. The van der Waals surface area contributed by atoms with Gasteiger partial charge in [0.05, 0.1) is 35.4 Å². The number of benzene rings is 2. The summed E-state index contributed by atoms with van der Waals surface area (Å²) in [5, 5.41) is 25.7. The predicted molar refractivity (Wildman–Crippen MR) is 110 cm³/mol. The second-order valence-electron chi connectivity index (χ2n) is 6.44. The van der Waals surface area contributed by atoms with Gasteiger partial charge in [0.25, 0.3) is 11.6 Å². The highest BCUT2D eigenvalue weighted by Crippen LogP contribution is 2.35. The molecule has 32 heavy (non-hydrogen) atoms. The van der Waals surface area contributed by atoms with E-state index in [2.05, 4.69) is 10.3 Å². The minimum absolute atomic E-state index is 0.0390. The van der Waals surface area contributed by atoms with Gasteiger partial charge in [-0.15, -0.1) is 11.3 Å². The first kappa shape index (κ1) is 23.0. The van der Waals surface area contributed by atoms with E-state index in [-0.39, 0.29) is 29.2 Å². The van der Waals surface area contributed by atoms with E-state index in [1.54, 1.807) is 10.9 Å². The van der Waals surface area contributed by atoms with Crippen LogP contribution in [0.25, 0.3) is 0 Å². The summed E-state index contributed by atoms with van der Waals surface area (Å²) in [4.78, 5) is 27.4. The van der Waals surface area contributed by atoms with Crippen molar-refractivity contribution in [1.82, 2.24) is 10.3 Å². The lowest BCUT2D eigenvalue weighted by atomic mass is 10.1. The molecule has 168 valence electrons. The molecule has 0 bridgehead atoms. The molecule has 9 nitrogen and oxygen atoms in total. The third-order valence-corrected chi connectivity index (χ3v) is 5.00. The number of ether oxygens (including phenoxy) is 2. The quantitative estimate of drug-likeness (QED) is 0.367. The number of carbonyl (C=O) groups excluding carboxylic acids is 1. The van der Waals surface area contributed by atoms with Crippen LogP contribution in [0.3, 0.4) is 0 Å². The van der Waals surface area contributed by atoms with Gasteiger partial charge in [0, 0.05) is 29.6 Å². The molecule has 1 aromatic heterocycles. The number of nitrogens with one attached hydrogen (secondary N) is 1. The number of thiazole rings is 1. The Morgan fingerprint density at radius 1 is 1.31 bits per heavy atom. The lowest BCUT2D eigenvalue weighted by Gasteiger charge is -2.15. The number of halogens is 2. The van der Waals surface area contributed by atoms with Crippen molar-refractivity contribution in [3.63, 3.8) is 0 Å². The lowest BCUT2D eigenvalue weighted by molar-refractivity contribution is -0.385. The van der Waals surface area contributed by atoms with Crippen LogP contribution in [-0.4, -0.2) is 34.6 Å². The smallest absolute Gasteiger partial charge is 0.286 e. The summed E-state index contributed by atoms with van der Waals surface area (Å²) < 4.78 is 37.6. The van der Waals surface area contributed by atoms with E-state index in [0.29, 0.717) is 11.8 Å². The molecule has 2 N–H and O–H groups in total. The summed E-state index contributed by atoms with van der Waals surface area (Å²) in [5.74, 6) is -2.59. The monoisotopic (exact) mass is 465 g/mol. The van der Waals surface area contributed by atoms with Gasteiger partial charge in [0.2, 0.25) is 0 Å². The van der Waals surface area contributed by atoms with Crippen molar-refractivity contribution in [3.05, 3.63) is 79.8 Å². The molecule has 1 atom stereocenters. The van der Waals surface area contributed by atoms with Crippen LogP contribution in [0.15, 0.2) is 41.2 Å². The molecule has 0 radical (unpaired) electrons. The van der Waals surface area contributed by atoms with Crippen molar-refractivity contribution in [2.75, 3.05) is 13.7 Å². The van der Waals surface area contributed by atoms with Gasteiger partial charge in [0.1, 0.15) is 23.8 Å². The topological polar surface area (TPSA) is 124 Å². The van der Waals surface area contributed by atoms with Gasteiger partial charge in [0.15, 0.2) is 11.5 Å². The molecule has 12 heteroatoms. The molecule has 0 spiro atoms. The standard InChI is InChI=1S/C20H17F2N3O6S/c1-30-18-5-14(16(25(28)29)6-19(18)31-8-12-9-32-10-24-12)20(27)23-7-17(26)13-3-2-11(21)4-15(13)22/h2-6,9-10,17,26H,7-8H2,1H3,(H,23,27). The minimum atomic E-state index is -1.50. The van der Waals surface area contributed by atoms with Gasteiger partial charge in [-0.25, -0.2) is 13.8 Å². The molecule has 0 aliphatic heterocycles. The van der Waals surface area contributed by atoms with Crippen LogP contribution < -0.4 is 14.8 Å². The normalized spacial score (nSPS) is 11.6. The number of nitro groups is 1. The van der Waals surface area contributed by atoms with Gasteiger partial charge >= 0.3 is 0 Å². The first-order valence-corrected chi connectivity index (χ1v) is 10.0. The molecule has 0 saturated heterocycles. The Balaban J connectivity index is 1.79. The summed E-state index contributed by atoms with van der Waals surface area (Å²) in [6.45, 7) is -0.430. The van der Waals surface area contributed by atoms with Crippen LogP contribution in [0.5, 0.6) is 11.5 Å². The van der Waals surface area contributed by atoms with Gasteiger partial charge in [-0.3, -0.25) is 14.9 Å². The first-order chi connectivity index (χ1) is 15.3. The number of hydrogen-bond acceptors (Lipinski definition) is 8. The van der Waals surface area contributed by atoms with Gasteiger partial charge in [-0.2, -0.15) is 0 Å². The zero-order valence-electron chi connectivity index (χ0n) is 16.6. The fourth-order valence-corrected chi connectivity index (χ4v) is 3.32. The van der Waals surface area contributed by atoms with Crippen LogP contribution in [0.4, 0.5) is 14.5 Å². The molecule has 1 unspecified atom stereocenters. The van der Waals surface area contributed by atoms with Gasteiger partial charge < -0.3 is 19.9 Å². The maximum Gasteiger partial charge on any atom is 0.286 e. The number of nitro benzene ring substituents is 1. The molecule has 3 aromatic rings. The van der Waals surface area contributed by atoms with E-state index in [9.17, 15) is 28.8 Å². The van der Waals surface area contributed by atoms with E-state index < -0.39 is 40.8 Å². The van der Waals surface area contributed by atoms with Crippen molar-refractivity contribution in [3.8, 4) is 11.5 Å². The molecular formula is C20H17F2N3O6S. The van der Waals surface area contributed by atoms with Crippen LogP contribution in [-0.2, 0) is 6.61 Å². The lowest BCUT2D eigenvalue weighted by Crippen LogP contribution is -2.29. The molecule has 1 amide bonds.